The Morgan fingerprint density at radius 2 is 1.00 bits per heavy atom. The van der Waals surface area contributed by atoms with E-state index in [1.807, 2.05) is 72.8 Å². The van der Waals surface area contributed by atoms with Gasteiger partial charge in [0, 0.05) is 47.6 Å². The van der Waals surface area contributed by atoms with Gasteiger partial charge in [0.2, 0.25) is 0 Å². The summed E-state index contributed by atoms with van der Waals surface area (Å²) in [5.74, 6) is 1.94. The summed E-state index contributed by atoms with van der Waals surface area (Å²) < 4.78 is 8.74. The van der Waals surface area contributed by atoms with Gasteiger partial charge in [-0.05, 0) is 47.5 Å². The third kappa shape index (κ3) is 4.09. The van der Waals surface area contributed by atoms with Gasteiger partial charge < -0.3 is 4.42 Å². The van der Waals surface area contributed by atoms with Crippen molar-refractivity contribution in [2.75, 3.05) is 0 Å². The molecule has 0 spiro atoms. The predicted molar refractivity (Wildman–Crippen MR) is 182 cm³/mol. The van der Waals surface area contributed by atoms with Gasteiger partial charge in [0.25, 0.3) is 0 Å². The van der Waals surface area contributed by atoms with E-state index in [0.29, 0.717) is 17.5 Å². The second kappa shape index (κ2) is 9.97. The lowest BCUT2D eigenvalue weighted by Crippen LogP contribution is -2.00. The van der Waals surface area contributed by atoms with E-state index in [-0.39, 0.29) is 0 Å². The standard InChI is InChI=1S/C39H23N3OS/c1-3-11-24(12-4-1)37-40-38(25-13-5-2-6-14-25)42-39(41-37)27-21-31(36-30-16-8-10-18-34(30)44-35(36)23-27)26-19-20-29-28-15-7-9-17-32(28)43-33(29)22-26/h1-23H. The maximum absolute atomic E-state index is 6.31. The highest BCUT2D eigenvalue weighted by molar-refractivity contribution is 7.26. The Hall–Kier alpha value is -5.65. The van der Waals surface area contributed by atoms with Crippen LogP contribution in [0.15, 0.2) is 144 Å². The Morgan fingerprint density at radius 3 is 1.73 bits per heavy atom. The molecule has 0 saturated heterocycles. The van der Waals surface area contributed by atoms with E-state index in [4.69, 9.17) is 19.4 Å². The summed E-state index contributed by atoms with van der Waals surface area (Å²) in [6.07, 6.45) is 0. The highest BCUT2D eigenvalue weighted by atomic mass is 32.1. The van der Waals surface area contributed by atoms with Gasteiger partial charge in [0.15, 0.2) is 17.5 Å². The maximum Gasteiger partial charge on any atom is 0.164 e. The molecule has 0 aliphatic rings. The SMILES string of the molecule is c1ccc(-c2nc(-c3ccccc3)nc(-c3cc(-c4ccc5c(c4)oc4ccccc45)c4c(c3)sc3ccccc34)n2)cc1. The third-order valence-corrected chi connectivity index (χ3v) is 9.24. The van der Waals surface area contributed by atoms with Gasteiger partial charge in [-0.2, -0.15) is 0 Å². The number of hydrogen-bond acceptors (Lipinski definition) is 5. The molecule has 0 amide bonds. The summed E-state index contributed by atoms with van der Waals surface area (Å²) in [5.41, 5.74) is 6.83. The van der Waals surface area contributed by atoms with E-state index in [2.05, 4.69) is 66.7 Å². The van der Waals surface area contributed by atoms with Gasteiger partial charge >= 0.3 is 0 Å². The van der Waals surface area contributed by atoms with Crippen molar-refractivity contribution in [2.24, 2.45) is 0 Å². The molecule has 0 radical (unpaired) electrons. The fourth-order valence-electron chi connectivity index (χ4n) is 6.04. The predicted octanol–water partition coefficient (Wildman–Crippen LogP) is 10.8. The molecule has 0 bridgehead atoms. The fraction of sp³-hybridized carbons (Fsp3) is 0. The number of hydrogen-bond donors (Lipinski definition) is 0. The average molecular weight is 582 g/mol. The summed E-state index contributed by atoms with van der Waals surface area (Å²) in [4.78, 5) is 15.0. The van der Waals surface area contributed by atoms with Crippen molar-refractivity contribution in [1.82, 2.24) is 15.0 Å². The van der Waals surface area contributed by atoms with E-state index in [1.165, 1.54) is 20.2 Å². The molecule has 44 heavy (non-hydrogen) atoms. The van der Waals surface area contributed by atoms with Crippen LogP contribution < -0.4 is 0 Å². The minimum atomic E-state index is 0.642. The zero-order valence-electron chi connectivity index (χ0n) is 23.4. The molecule has 206 valence electrons. The normalized spacial score (nSPS) is 11.6. The topological polar surface area (TPSA) is 51.8 Å². The van der Waals surface area contributed by atoms with Crippen LogP contribution in [-0.4, -0.2) is 15.0 Å². The van der Waals surface area contributed by atoms with Crippen molar-refractivity contribution in [3.05, 3.63) is 140 Å². The summed E-state index contributed by atoms with van der Waals surface area (Å²) in [5, 5.41) is 4.71. The molecule has 5 heteroatoms. The second-order valence-corrected chi connectivity index (χ2v) is 11.9. The van der Waals surface area contributed by atoms with Crippen LogP contribution in [0.25, 0.3) is 87.4 Å². The Labute approximate surface area is 256 Å². The number of aromatic nitrogens is 3. The van der Waals surface area contributed by atoms with Crippen LogP contribution in [0.5, 0.6) is 0 Å². The third-order valence-electron chi connectivity index (χ3n) is 8.13. The largest absolute Gasteiger partial charge is 0.456 e. The summed E-state index contributed by atoms with van der Waals surface area (Å²) in [6.45, 7) is 0. The van der Waals surface area contributed by atoms with Crippen LogP contribution in [0.1, 0.15) is 0 Å². The zero-order valence-corrected chi connectivity index (χ0v) is 24.3. The van der Waals surface area contributed by atoms with Crippen LogP contribution >= 0.6 is 11.3 Å². The Balaban J connectivity index is 1.31. The molecule has 0 atom stereocenters. The van der Waals surface area contributed by atoms with Crippen molar-refractivity contribution in [3.8, 4) is 45.3 Å². The molecule has 0 fully saturated rings. The van der Waals surface area contributed by atoms with Gasteiger partial charge in [0.1, 0.15) is 11.2 Å². The average Bonchev–Trinajstić information content (AvgIpc) is 3.66. The van der Waals surface area contributed by atoms with Crippen LogP contribution in [-0.2, 0) is 0 Å². The number of nitrogens with zero attached hydrogens (tertiary/aromatic N) is 3. The van der Waals surface area contributed by atoms with Crippen molar-refractivity contribution >= 4 is 53.4 Å². The first-order valence-corrected chi connectivity index (χ1v) is 15.3. The Kier molecular flexibility index (Phi) is 5.64. The van der Waals surface area contributed by atoms with E-state index in [9.17, 15) is 0 Å². The van der Waals surface area contributed by atoms with Crippen molar-refractivity contribution in [3.63, 3.8) is 0 Å². The number of fused-ring (bicyclic) bond motifs is 6. The number of furan rings is 1. The van der Waals surface area contributed by atoms with Crippen LogP contribution in [0.4, 0.5) is 0 Å². The number of benzene rings is 6. The quantitative estimate of drug-likeness (QED) is 0.207. The van der Waals surface area contributed by atoms with Gasteiger partial charge in [-0.25, -0.2) is 15.0 Å². The van der Waals surface area contributed by atoms with E-state index < -0.39 is 0 Å². The van der Waals surface area contributed by atoms with Crippen LogP contribution in [0, 0.1) is 0 Å². The number of rotatable bonds is 4. The van der Waals surface area contributed by atoms with E-state index >= 15 is 0 Å². The molecule has 3 heterocycles. The lowest BCUT2D eigenvalue weighted by atomic mass is 9.96. The molecular formula is C39H23N3OS. The van der Waals surface area contributed by atoms with E-state index in [0.717, 1.165) is 49.8 Å². The zero-order chi connectivity index (χ0) is 29.0. The van der Waals surface area contributed by atoms with Gasteiger partial charge in [-0.3, -0.25) is 0 Å². The molecule has 9 aromatic rings. The molecule has 9 rings (SSSR count). The molecule has 0 aliphatic heterocycles. The first-order valence-electron chi connectivity index (χ1n) is 14.5. The fourth-order valence-corrected chi connectivity index (χ4v) is 7.21. The van der Waals surface area contributed by atoms with Crippen molar-refractivity contribution < 1.29 is 4.42 Å². The smallest absolute Gasteiger partial charge is 0.164 e. The Bertz CT molecular complexity index is 2440. The minimum absolute atomic E-state index is 0.642. The maximum atomic E-state index is 6.31. The van der Waals surface area contributed by atoms with Gasteiger partial charge in [0.05, 0.1) is 0 Å². The van der Waals surface area contributed by atoms with Crippen LogP contribution in [0.3, 0.4) is 0 Å². The molecule has 0 unspecified atom stereocenters. The molecule has 4 nitrogen and oxygen atoms in total. The molecule has 0 aliphatic carbocycles. The molecule has 0 N–H and O–H groups in total. The number of thiophene rings is 1. The lowest BCUT2D eigenvalue weighted by Gasteiger charge is -2.11. The molecule has 6 aromatic carbocycles. The highest BCUT2D eigenvalue weighted by Crippen LogP contribution is 2.43. The number of para-hydroxylation sites is 1. The molecule has 3 aromatic heterocycles. The summed E-state index contributed by atoms with van der Waals surface area (Å²) in [6, 6.07) is 48.0. The van der Waals surface area contributed by atoms with Crippen molar-refractivity contribution in [1.29, 1.82) is 0 Å². The Morgan fingerprint density at radius 1 is 0.409 bits per heavy atom. The van der Waals surface area contributed by atoms with Gasteiger partial charge in [-0.1, -0.05) is 103 Å². The van der Waals surface area contributed by atoms with Gasteiger partial charge in [-0.15, -0.1) is 11.3 Å². The molecular weight excluding hydrogens is 559 g/mol. The lowest BCUT2D eigenvalue weighted by molar-refractivity contribution is 0.669. The molecule has 0 saturated carbocycles. The summed E-state index contributed by atoms with van der Waals surface area (Å²) >= 11 is 1.79. The minimum Gasteiger partial charge on any atom is -0.456 e. The first-order chi connectivity index (χ1) is 21.8. The monoisotopic (exact) mass is 581 g/mol. The second-order valence-electron chi connectivity index (χ2n) is 10.8. The highest BCUT2D eigenvalue weighted by Gasteiger charge is 2.18. The van der Waals surface area contributed by atoms with Crippen LogP contribution in [0.2, 0.25) is 0 Å². The van der Waals surface area contributed by atoms with E-state index in [1.54, 1.807) is 11.3 Å². The first kappa shape index (κ1) is 24.9. The van der Waals surface area contributed by atoms with Crippen molar-refractivity contribution in [2.45, 2.75) is 0 Å². The summed E-state index contributed by atoms with van der Waals surface area (Å²) in [7, 11) is 0.